The molecule has 0 aromatic carbocycles. The Kier molecular flexibility index (Phi) is 5.86. The lowest BCUT2D eigenvalue weighted by Gasteiger charge is -2.35. The first kappa shape index (κ1) is 18.0. The summed E-state index contributed by atoms with van der Waals surface area (Å²) in [7, 11) is 0. The normalized spacial score (nSPS) is 17.1. The van der Waals surface area contributed by atoms with Crippen molar-refractivity contribution in [3.63, 3.8) is 0 Å². The minimum atomic E-state index is -0.422. The van der Waals surface area contributed by atoms with Crippen LogP contribution < -0.4 is 5.73 Å². The molecule has 0 unspecified atom stereocenters. The highest BCUT2D eigenvalue weighted by molar-refractivity contribution is 6.30. The number of hydrogen-bond donors (Lipinski definition) is 1. The van der Waals surface area contributed by atoms with Crippen LogP contribution in [0.4, 0.5) is 0 Å². The van der Waals surface area contributed by atoms with Crippen molar-refractivity contribution in [1.29, 1.82) is 0 Å². The lowest BCUT2D eigenvalue weighted by molar-refractivity contribution is -0.134. The van der Waals surface area contributed by atoms with Gasteiger partial charge < -0.3 is 15.0 Å². The van der Waals surface area contributed by atoms with E-state index in [1.165, 1.54) is 0 Å². The zero-order chi connectivity index (χ0) is 15.7. The first-order chi connectivity index (χ1) is 10.5. The van der Waals surface area contributed by atoms with E-state index in [1.807, 2.05) is 33.8 Å². The molecule has 3 heterocycles. The van der Waals surface area contributed by atoms with Gasteiger partial charge in [0, 0.05) is 45.1 Å². The van der Waals surface area contributed by atoms with Crippen LogP contribution in [0.15, 0.2) is 24.5 Å². The predicted molar refractivity (Wildman–Crippen MR) is 93.0 cm³/mol. The Balaban J connectivity index is 0.00000192. The van der Waals surface area contributed by atoms with Gasteiger partial charge in [-0.05, 0) is 19.1 Å². The predicted octanol–water partition coefficient (Wildman–Crippen LogP) is 1.40. The smallest absolute Gasteiger partial charge is 0.239 e. The van der Waals surface area contributed by atoms with E-state index in [2.05, 4.69) is 9.88 Å². The third-order valence-electron chi connectivity index (χ3n) is 3.92. The van der Waals surface area contributed by atoms with Crippen molar-refractivity contribution in [3.8, 4) is 0 Å². The fourth-order valence-corrected chi connectivity index (χ4v) is 2.90. The van der Waals surface area contributed by atoms with Gasteiger partial charge in [-0.1, -0.05) is 11.6 Å². The maximum Gasteiger partial charge on any atom is 0.239 e. The number of piperazine rings is 1. The molecular weight excluding hydrogens is 337 g/mol. The fourth-order valence-electron chi connectivity index (χ4n) is 2.74. The maximum absolute atomic E-state index is 11.9. The Morgan fingerprint density at radius 3 is 2.65 bits per heavy atom. The summed E-state index contributed by atoms with van der Waals surface area (Å²) in [5.74, 6) is 0.0297. The Bertz CT molecular complexity index is 680. The van der Waals surface area contributed by atoms with E-state index in [0.717, 1.165) is 44.1 Å². The molecule has 1 fully saturated rings. The van der Waals surface area contributed by atoms with Crippen LogP contribution in [-0.4, -0.2) is 57.3 Å². The number of carbonyl (C=O) groups is 1. The third kappa shape index (κ3) is 4.14. The van der Waals surface area contributed by atoms with E-state index in [0.29, 0.717) is 5.02 Å². The second-order valence-corrected chi connectivity index (χ2v) is 6.17. The molecule has 3 rings (SSSR count). The standard InChI is InChI=1S/C15H20ClN5O.ClH/c1-11(17)15(22)20-6-4-19(5-7-20)9-13-10-21-8-12(16)2-3-14(21)18-13;/h2-3,8,10-11H,4-7,9,17H2,1H3;1H/t11-;/m1./s1. The average Bonchev–Trinajstić information content (AvgIpc) is 2.88. The first-order valence-electron chi connectivity index (χ1n) is 7.43. The fraction of sp³-hybridized carbons (Fsp3) is 0.467. The average molecular weight is 358 g/mol. The minimum absolute atomic E-state index is 0. The van der Waals surface area contributed by atoms with Crippen molar-refractivity contribution in [3.05, 3.63) is 35.2 Å². The van der Waals surface area contributed by atoms with Gasteiger partial charge >= 0.3 is 0 Å². The van der Waals surface area contributed by atoms with Crippen LogP contribution in [0.1, 0.15) is 12.6 Å². The van der Waals surface area contributed by atoms with Gasteiger partial charge in [0.05, 0.1) is 16.8 Å². The number of fused-ring (bicyclic) bond motifs is 1. The summed E-state index contributed by atoms with van der Waals surface area (Å²) in [6.45, 7) is 5.63. The van der Waals surface area contributed by atoms with E-state index in [9.17, 15) is 4.79 Å². The Morgan fingerprint density at radius 2 is 2.00 bits per heavy atom. The summed E-state index contributed by atoms with van der Waals surface area (Å²) >= 11 is 5.98. The van der Waals surface area contributed by atoms with Gasteiger partial charge in [-0.2, -0.15) is 0 Å². The maximum atomic E-state index is 11.9. The van der Waals surface area contributed by atoms with Crippen LogP contribution in [0.2, 0.25) is 5.02 Å². The van der Waals surface area contributed by atoms with Crippen molar-refractivity contribution < 1.29 is 4.79 Å². The van der Waals surface area contributed by atoms with Crippen LogP contribution in [0.3, 0.4) is 0 Å². The number of imidazole rings is 1. The molecule has 1 aliphatic rings. The highest BCUT2D eigenvalue weighted by Gasteiger charge is 2.23. The molecule has 0 spiro atoms. The van der Waals surface area contributed by atoms with Crippen LogP contribution in [0, 0.1) is 0 Å². The quantitative estimate of drug-likeness (QED) is 0.901. The first-order valence-corrected chi connectivity index (χ1v) is 7.80. The number of carbonyl (C=O) groups excluding carboxylic acids is 1. The van der Waals surface area contributed by atoms with Gasteiger partial charge in [-0.15, -0.1) is 12.4 Å². The van der Waals surface area contributed by atoms with Crippen LogP contribution in [-0.2, 0) is 11.3 Å². The van der Waals surface area contributed by atoms with E-state index < -0.39 is 6.04 Å². The second-order valence-electron chi connectivity index (χ2n) is 5.74. The van der Waals surface area contributed by atoms with Crippen molar-refractivity contribution in [1.82, 2.24) is 19.2 Å². The molecule has 2 N–H and O–H groups in total. The monoisotopic (exact) mass is 357 g/mol. The van der Waals surface area contributed by atoms with Crippen LogP contribution in [0.5, 0.6) is 0 Å². The summed E-state index contributed by atoms with van der Waals surface area (Å²) in [6.07, 6.45) is 3.85. The summed E-state index contributed by atoms with van der Waals surface area (Å²) < 4.78 is 1.94. The SMILES string of the molecule is C[C@@H](N)C(=O)N1CCN(Cc2cn3cc(Cl)ccc3n2)CC1.Cl. The summed E-state index contributed by atoms with van der Waals surface area (Å²) in [6, 6.07) is 3.33. The Hall–Kier alpha value is -1.34. The molecule has 126 valence electrons. The van der Waals surface area contributed by atoms with Gasteiger partial charge in [0.15, 0.2) is 0 Å². The molecule has 1 saturated heterocycles. The van der Waals surface area contributed by atoms with E-state index in [1.54, 1.807) is 6.92 Å². The number of rotatable bonds is 3. The third-order valence-corrected chi connectivity index (χ3v) is 4.15. The van der Waals surface area contributed by atoms with Gasteiger partial charge in [-0.3, -0.25) is 9.69 Å². The molecule has 6 nitrogen and oxygen atoms in total. The lowest BCUT2D eigenvalue weighted by atomic mass is 10.2. The second kappa shape index (κ2) is 7.49. The van der Waals surface area contributed by atoms with Crippen molar-refractivity contribution in [2.45, 2.75) is 19.5 Å². The highest BCUT2D eigenvalue weighted by atomic mass is 35.5. The highest BCUT2D eigenvalue weighted by Crippen LogP contribution is 2.14. The topological polar surface area (TPSA) is 66.9 Å². The molecule has 2 aromatic rings. The molecule has 1 aliphatic heterocycles. The van der Waals surface area contributed by atoms with Crippen LogP contribution in [0.25, 0.3) is 5.65 Å². The minimum Gasteiger partial charge on any atom is -0.339 e. The number of halogens is 2. The molecule has 8 heteroatoms. The van der Waals surface area contributed by atoms with Crippen molar-refractivity contribution >= 4 is 35.6 Å². The number of amides is 1. The molecule has 1 atom stereocenters. The Morgan fingerprint density at radius 1 is 1.30 bits per heavy atom. The number of pyridine rings is 1. The molecular formula is C15H21Cl2N5O. The number of aromatic nitrogens is 2. The van der Waals surface area contributed by atoms with E-state index in [-0.39, 0.29) is 18.3 Å². The zero-order valence-corrected chi connectivity index (χ0v) is 14.6. The molecule has 0 aliphatic carbocycles. The van der Waals surface area contributed by atoms with Gasteiger partial charge in [-0.25, -0.2) is 4.98 Å². The van der Waals surface area contributed by atoms with Gasteiger partial charge in [0.2, 0.25) is 5.91 Å². The molecule has 0 saturated carbocycles. The van der Waals surface area contributed by atoms with Crippen molar-refractivity contribution in [2.24, 2.45) is 5.73 Å². The molecule has 0 radical (unpaired) electrons. The molecule has 23 heavy (non-hydrogen) atoms. The molecule has 2 aromatic heterocycles. The summed E-state index contributed by atoms with van der Waals surface area (Å²) in [4.78, 5) is 20.6. The largest absolute Gasteiger partial charge is 0.339 e. The zero-order valence-electron chi connectivity index (χ0n) is 13.0. The molecule has 1 amide bonds. The number of nitrogens with zero attached hydrogens (tertiary/aromatic N) is 4. The van der Waals surface area contributed by atoms with E-state index >= 15 is 0 Å². The van der Waals surface area contributed by atoms with Gasteiger partial charge in [0.1, 0.15) is 5.65 Å². The number of nitrogens with two attached hydrogens (primary N) is 1. The number of hydrogen-bond acceptors (Lipinski definition) is 4. The summed E-state index contributed by atoms with van der Waals surface area (Å²) in [5, 5.41) is 0.694. The molecule has 0 bridgehead atoms. The van der Waals surface area contributed by atoms with E-state index in [4.69, 9.17) is 17.3 Å². The Labute approximate surface area is 146 Å². The van der Waals surface area contributed by atoms with Crippen LogP contribution >= 0.6 is 24.0 Å². The van der Waals surface area contributed by atoms with Gasteiger partial charge in [0.25, 0.3) is 0 Å². The van der Waals surface area contributed by atoms with Crippen molar-refractivity contribution in [2.75, 3.05) is 26.2 Å². The lowest BCUT2D eigenvalue weighted by Crippen LogP contribution is -2.52. The summed E-state index contributed by atoms with van der Waals surface area (Å²) in [5.41, 5.74) is 7.55.